The highest BCUT2D eigenvalue weighted by atomic mass is 35.8. The van der Waals surface area contributed by atoms with Crippen LogP contribution in [0.25, 0.3) is 0 Å². The first-order chi connectivity index (χ1) is 41.7. The number of carbonyl (C=O) groups is 6. The fourth-order valence-corrected chi connectivity index (χ4v) is 8.32. The van der Waals surface area contributed by atoms with Gasteiger partial charge in [-0.25, -0.2) is 49.3 Å². The Balaban J connectivity index is 0.000000372. The topological polar surface area (TPSA) is 213 Å². The summed E-state index contributed by atoms with van der Waals surface area (Å²) in [6, 6.07) is 29.5. The van der Waals surface area contributed by atoms with E-state index in [9.17, 15) is 28.8 Å². The van der Waals surface area contributed by atoms with Gasteiger partial charge in [-0.2, -0.15) is 0 Å². The zero-order valence-electron chi connectivity index (χ0n) is 46.7. The molecule has 88 heavy (non-hydrogen) atoms. The quantitative estimate of drug-likeness (QED) is 0.0137. The van der Waals surface area contributed by atoms with Crippen molar-refractivity contribution in [2.24, 2.45) is 0 Å². The van der Waals surface area contributed by atoms with E-state index in [0.717, 1.165) is 59.1 Å². The normalized spacial score (nSPS) is 9.97. The Morgan fingerprint density at radius 2 is 0.773 bits per heavy atom. The average Bonchev–Trinajstić information content (AvgIpc) is 4.51. The van der Waals surface area contributed by atoms with Gasteiger partial charge in [0, 0.05) is 43.2 Å². The average molecular weight is 1500 g/mol. The first kappa shape index (κ1) is 79.9. The number of H-pyrrole nitrogens is 4. The fraction of sp³-hybridized carbons (Fsp3) is 0.220. The van der Waals surface area contributed by atoms with E-state index in [4.69, 9.17) is 177 Å². The van der Waals surface area contributed by atoms with E-state index >= 15 is 0 Å². The van der Waals surface area contributed by atoms with E-state index in [1.165, 1.54) is 12.3 Å². The van der Waals surface area contributed by atoms with Crippen LogP contribution in [0.15, 0.2) is 128 Å². The van der Waals surface area contributed by atoms with Gasteiger partial charge in [0.2, 0.25) is 5.24 Å². The molecule has 0 atom stereocenters. The SMILES string of the molecule is CCOC(=O)c1cc(C(=O)Cc2ccc(Cl)c(Cl)c2)c[nH]1.CCOC(=O)c1cc(CCc2ccc(Cl)c(Cl)c2)c[nH]1.CCOC(=O)c1ccc[nH]1.ClCCl.O=C(Cl)Cc1ccc(Cl)c(Cl)c1.O=C(O)c1cc(CCc2ccc(Cl)c(Cl)c2)c[nH]1.[Cl][Al]([Cl])[Cl]. The molecule has 0 radical (unpaired) electrons. The van der Waals surface area contributed by atoms with Crippen LogP contribution >= 0.6 is 158 Å². The molecule has 4 heterocycles. The Morgan fingerprint density at radius 3 is 1.14 bits per heavy atom. The molecular formula is C59H55AlCl14N4O10. The Bertz CT molecular complexity index is 3470. The molecular weight excluding hydrogens is 1450 g/mol. The van der Waals surface area contributed by atoms with Crippen LogP contribution in [0.3, 0.4) is 0 Å². The van der Waals surface area contributed by atoms with Crippen LogP contribution in [0.5, 0.6) is 0 Å². The molecule has 0 spiro atoms. The second kappa shape index (κ2) is 44.3. The number of ether oxygens (including phenoxy) is 3. The number of benzene rings is 4. The molecule has 14 nitrogen and oxygen atoms in total. The zero-order chi connectivity index (χ0) is 65.9. The Hall–Kier alpha value is -4.19. The van der Waals surface area contributed by atoms with E-state index in [1.54, 1.807) is 99.9 Å². The van der Waals surface area contributed by atoms with Gasteiger partial charge in [-0.1, -0.05) is 117 Å². The van der Waals surface area contributed by atoms with Crippen LogP contribution in [0.2, 0.25) is 40.2 Å². The lowest BCUT2D eigenvalue weighted by molar-refractivity contribution is -0.111. The van der Waals surface area contributed by atoms with Crippen LogP contribution in [0.1, 0.15) is 106 Å². The van der Waals surface area contributed by atoms with Crippen LogP contribution in [0, 0.1) is 0 Å². The van der Waals surface area contributed by atoms with Crippen LogP contribution in [0.4, 0.5) is 0 Å². The summed E-state index contributed by atoms with van der Waals surface area (Å²) in [7, 11) is 14.8. The fourth-order valence-electron chi connectivity index (χ4n) is 6.88. The molecule has 0 aliphatic carbocycles. The maximum absolute atomic E-state index is 12.2. The molecule has 0 fully saturated rings. The molecule has 0 unspecified atom stereocenters. The van der Waals surface area contributed by atoms with Gasteiger partial charge in [-0.15, -0.1) is 23.2 Å². The Morgan fingerprint density at radius 1 is 0.432 bits per heavy atom. The number of halogens is 14. The van der Waals surface area contributed by atoms with Gasteiger partial charge in [0.1, 0.15) is 22.8 Å². The summed E-state index contributed by atoms with van der Waals surface area (Å²) < 4.78 is 14.5. The summed E-state index contributed by atoms with van der Waals surface area (Å²) in [4.78, 5) is 78.4. The second-order valence-electron chi connectivity index (χ2n) is 17.2. The van der Waals surface area contributed by atoms with Crippen molar-refractivity contribution >= 4 is 204 Å². The summed E-state index contributed by atoms with van der Waals surface area (Å²) in [5.74, 6) is -2.18. The van der Waals surface area contributed by atoms with Crippen LogP contribution in [-0.2, 0) is 57.5 Å². The lowest BCUT2D eigenvalue weighted by Crippen LogP contribution is -2.05. The number of carbonyl (C=O) groups excluding carboxylic acids is 5. The van der Waals surface area contributed by atoms with Gasteiger partial charge >= 0.3 is 35.3 Å². The molecule has 0 saturated carbocycles. The third-order valence-electron chi connectivity index (χ3n) is 10.9. The van der Waals surface area contributed by atoms with Crippen molar-refractivity contribution in [3.05, 3.63) is 230 Å². The smallest absolute Gasteiger partial charge is 0.477 e. The molecule has 0 amide bonds. The van der Waals surface area contributed by atoms with Crippen molar-refractivity contribution in [1.82, 2.24) is 19.9 Å². The van der Waals surface area contributed by atoms with Crippen LogP contribution < -0.4 is 0 Å². The standard InChI is InChI=1S/C15H13Cl2NO3.C15H15Cl2NO2.C13H11Cl2NO2.C8H5Cl3O.C7H9NO2.CH2Cl2.Al.3ClH/c1-2-21-15(20)13-7-10(8-18-13)14(19)6-9-3-4-11(16)12(17)5-9;1-2-20-15(19)14-8-11(9-18-14)4-3-10-5-6-12(16)13(17)7-10;14-10-4-3-8(5-11(10)15)1-2-9-6-12(13(17)18)16-7-9;9-6-2-1-5(3-7(6)10)4-8(11)12;1-2-10-7(9)6-4-3-5-8-6;2-1-3;;;;/h3-5,7-8,18H,2,6H2,1H3;5-9,18H,2-4H2,1H3;3-7,16H,1-2H2,(H,17,18);1-3H,4H2;3-5,8H,2H2,1H3;1H2;;3*1H/q;;;;;;+3;;;/p-3. The van der Waals surface area contributed by atoms with E-state index in [2.05, 4.69) is 19.9 Å². The molecule has 0 aliphatic rings. The summed E-state index contributed by atoms with van der Waals surface area (Å²) in [5, 5.41) is 12.5. The lowest BCUT2D eigenvalue weighted by Gasteiger charge is -2.02. The second-order valence-corrected chi connectivity index (χ2v) is 28.1. The van der Waals surface area contributed by atoms with Gasteiger partial charge in [0.05, 0.1) is 65.3 Å². The number of rotatable bonds is 18. The Labute approximate surface area is 580 Å². The number of hydrogen-bond donors (Lipinski definition) is 5. The number of hydrogen-bond acceptors (Lipinski definition) is 9. The van der Waals surface area contributed by atoms with Crippen molar-refractivity contribution in [3.63, 3.8) is 0 Å². The Kier molecular flexibility index (Phi) is 40.3. The lowest BCUT2D eigenvalue weighted by atomic mass is 10.1. The maximum atomic E-state index is 12.2. The van der Waals surface area contributed by atoms with Crippen molar-refractivity contribution in [2.45, 2.75) is 59.3 Å². The third-order valence-corrected chi connectivity index (χ3v) is 13.9. The minimum Gasteiger partial charge on any atom is -0.477 e. The number of aromatic carboxylic acids is 1. The summed E-state index contributed by atoms with van der Waals surface area (Å²) in [5.41, 5.74) is 7.59. The molecule has 8 aromatic rings. The van der Waals surface area contributed by atoms with Crippen molar-refractivity contribution < 1.29 is 48.1 Å². The number of carboxylic acid groups (broad SMARTS) is 1. The van der Waals surface area contributed by atoms with Gasteiger partial charge < -0.3 is 39.3 Å². The molecule has 4 aromatic carbocycles. The van der Waals surface area contributed by atoms with Gasteiger partial charge in [-0.3, -0.25) is 9.59 Å². The number of ketones is 1. The van der Waals surface area contributed by atoms with Gasteiger partial charge in [-0.05, 0) is 170 Å². The van der Waals surface area contributed by atoms with Crippen molar-refractivity contribution in [2.75, 3.05) is 25.2 Å². The predicted molar refractivity (Wildman–Crippen MR) is 361 cm³/mol. The van der Waals surface area contributed by atoms with E-state index in [-0.39, 0.29) is 53.9 Å². The van der Waals surface area contributed by atoms with E-state index in [1.807, 2.05) is 36.5 Å². The first-order valence-electron chi connectivity index (χ1n) is 25.7. The number of aromatic amines is 4. The number of aromatic nitrogens is 4. The van der Waals surface area contributed by atoms with Gasteiger partial charge in [0.25, 0.3) is 0 Å². The third kappa shape index (κ3) is 32.2. The molecule has 0 aliphatic heterocycles. The van der Waals surface area contributed by atoms with Crippen molar-refractivity contribution in [1.29, 1.82) is 0 Å². The van der Waals surface area contributed by atoms with E-state index in [0.29, 0.717) is 70.3 Å². The molecule has 472 valence electrons. The molecule has 29 heteroatoms. The number of alkyl halides is 2. The predicted octanol–water partition coefficient (Wildman–Crippen LogP) is 19.6. The summed E-state index contributed by atoms with van der Waals surface area (Å²) in [6.45, 7) is 6.35. The molecule has 0 saturated heterocycles. The molecule has 8 rings (SSSR count). The maximum Gasteiger partial charge on any atom is 0.643 e. The molecule has 4 aromatic heterocycles. The molecule has 0 bridgehead atoms. The minimum atomic E-state index is -1.72. The largest absolute Gasteiger partial charge is 0.643 e. The first-order valence-corrected chi connectivity index (χ1v) is 35.4. The van der Waals surface area contributed by atoms with Crippen molar-refractivity contribution in [3.8, 4) is 0 Å². The number of carboxylic acids is 1. The highest BCUT2D eigenvalue weighted by Gasteiger charge is 2.16. The highest BCUT2D eigenvalue weighted by Crippen LogP contribution is 2.27. The van der Waals surface area contributed by atoms with Crippen LogP contribution in [-0.4, -0.2) is 96.5 Å². The number of nitrogens with one attached hydrogen (secondary N) is 4. The summed E-state index contributed by atoms with van der Waals surface area (Å²) in [6.07, 6.45) is 10.2. The zero-order valence-corrected chi connectivity index (χ0v) is 58.4. The summed E-state index contributed by atoms with van der Waals surface area (Å²) >= 11 is 59.7. The van der Waals surface area contributed by atoms with Gasteiger partial charge in [0.15, 0.2) is 5.78 Å². The number of Topliss-reactive ketones (excluding diaryl/α,β-unsaturated/α-hetero) is 1. The van der Waals surface area contributed by atoms with E-state index < -0.39 is 28.6 Å². The number of esters is 3. The minimum absolute atomic E-state index is 0.125. The molecule has 5 N–H and O–H groups in total. The number of aryl methyl sites for hydroxylation is 4. The highest BCUT2D eigenvalue weighted by molar-refractivity contribution is 7.54. The monoisotopic (exact) mass is 1500 g/mol.